The third kappa shape index (κ3) is 5.58. The second kappa shape index (κ2) is 10.8. The molecular formula is C23H24F3N5O2. The number of imidazole rings is 1. The van der Waals surface area contributed by atoms with Gasteiger partial charge in [0.2, 0.25) is 5.95 Å². The van der Waals surface area contributed by atoms with Crippen LogP contribution in [0.2, 0.25) is 0 Å². The molecule has 10 heteroatoms. The van der Waals surface area contributed by atoms with Crippen LogP contribution in [-0.2, 0) is 4.79 Å². The molecule has 1 fully saturated rings. The fourth-order valence-corrected chi connectivity index (χ4v) is 3.61. The number of hydrogen-bond acceptors (Lipinski definition) is 5. The van der Waals surface area contributed by atoms with Crippen LogP contribution in [0.15, 0.2) is 43.5 Å². The molecule has 1 saturated heterocycles. The first-order valence-electron chi connectivity index (χ1n) is 10.2. The van der Waals surface area contributed by atoms with E-state index >= 15 is 0 Å². The molecule has 33 heavy (non-hydrogen) atoms. The molecule has 2 atom stereocenters. The van der Waals surface area contributed by atoms with Gasteiger partial charge in [-0.05, 0) is 43.7 Å². The van der Waals surface area contributed by atoms with E-state index in [1.165, 1.54) is 24.7 Å². The zero-order chi connectivity index (χ0) is 24.0. The Kier molecular flexibility index (Phi) is 7.83. The molecule has 0 amide bonds. The summed E-state index contributed by atoms with van der Waals surface area (Å²) in [6, 6.07) is 4.30. The lowest BCUT2D eigenvalue weighted by Gasteiger charge is -2.28. The molecule has 3 aromatic rings. The average Bonchev–Trinajstić information content (AvgIpc) is 3.27. The molecule has 4 rings (SSSR count). The van der Waals surface area contributed by atoms with Gasteiger partial charge >= 0.3 is 0 Å². The number of anilines is 1. The zero-order valence-electron chi connectivity index (χ0n) is 17.9. The largest absolute Gasteiger partial charge is 0.483 e. The van der Waals surface area contributed by atoms with Crippen LogP contribution in [0.1, 0.15) is 17.5 Å². The summed E-state index contributed by atoms with van der Waals surface area (Å²) in [5.41, 5.74) is 2.88. The van der Waals surface area contributed by atoms with Crippen molar-refractivity contribution in [2.75, 3.05) is 18.4 Å². The van der Waals surface area contributed by atoms with Gasteiger partial charge in [-0.2, -0.15) is 4.39 Å². The van der Waals surface area contributed by atoms with Crippen molar-refractivity contribution in [3.8, 4) is 16.9 Å². The number of rotatable bonds is 5. The first-order chi connectivity index (χ1) is 15.9. The minimum Gasteiger partial charge on any atom is -0.483 e. The zero-order valence-corrected chi connectivity index (χ0v) is 17.9. The van der Waals surface area contributed by atoms with Gasteiger partial charge in [0, 0.05) is 18.3 Å². The van der Waals surface area contributed by atoms with E-state index in [0.717, 1.165) is 0 Å². The van der Waals surface area contributed by atoms with E-state index in [2.05, 4.69) is 27.2 Å². The van der Waals surface area contributed by atoms with Crippen LogP contribution < -0.4 is 10.6 Å². The van der Waals surface area contributed by atoms with Crippen molar-refractivity contribution in [3.63, 3.8) is 0 Å². The number of nitrogens with one attached hydrogen (secondary N) is 2. The Bertz CT molecular complexity index is 1140. The number of hydrogen-bond donors (Lipinski definition) is 3. The lowest BCUT2D eigenvalue weighted by molar-refractivity contribution is -0.122. The van der Waals surface area contributed by atoms with Crippen LogP contribution in [0.4, 0.5) is 18.9 Å². The van der Waals surface area contributed by atoms with E-state index in [4.69, 9.17) is 9.90 Å². The smallest absolute Gasteiger partial charge is 0.290 e. The highest BCUT2D eigenvalue weighted by molar-refractivity contribution is 5.65. The standard InChI is InChI=1S/C22H22F3N5.CH2O2/c1-3-14-7-21(13(2)6-17(14)23)30-11-20(28-12-30)16-8-15(9-27-22(16)25)29-19-4-5-26-10-18(19)24;2-1-3/h3,6-9,11-12,18-19,26,29H,1,4-5,10H2,2H3;1H,(H,2,3). The lowest BCUT2D eigenvalue weighted by atomic mass is 10.0. The molecule has 2 aromatic heterocycles. The summed E-state index contributed by atoms with van der Waals surface area (Å²) in [6.07, 6.45) is 5.56. The quantitative estimate of drug-likeness (QED) is 0.395. The molecule has 1 aromatic carbocycles. The summed E-state index contributed by atoms with van der Waals surface area (Å²) in [6.45, 7) is 6.16. The van der Waals surface area contributed by atoms with Crippen molar-refractivity contribution >= 4 is 18.2 Å². The van der Waals surface area contributed by atoms with E-state index in [9.17, 15) is 13.2 Å². The van der Waals surface area contributed by atoms with Crippen LogP contribution in [0.25, 0.3) is 23.0 Å². The van der Waals surface area contributed by atoms with Crippen LogP contribution in [0, 0.1) is 18.7 Å². The van der Waals surface area contributed by atoms with Gasteiger partial charge in [-0.1, -0.05) is 12.7 Å². The highest BCUT2D eigenvalue weighted by atomic mass is 19.1. The summed E-state index contributed by atoms with van der Waals surface area (Å²) in [5, 5.41) is 13.0. The lowest BCUT2D eigenvalue weighted by Crippen LogP contribution is -2.45. The molecule has 174 valence electrons. The maximum absolute atomic E-state index is 14.4. The Morgan fingerprint density at radius 1 is 1.30 bits per heavy atom. The van der Waals surface area contributed by atoms with E-state index in [0.29, 0.717) is 41.2 Å². The number of aryl methyl sites for hydroxylation is 1. The number of carbonyl (C=O) groups is 1. The Labute approximate surface area is 189 Å². The van der Waals surface area contributed by atoms with Crippen molar-refractivity contribution in [3.05, 3.63) is 66.4 Å². The summed E-state index contributed by atoms with van der Waals surface area (Å²) >= 11 is 0. The van der Waals surface area contributed by atoms with Gasteiger partial charge in [0.05, 0.1) is 41.2 Å². The normalized spacial score (nSPS) is 17.6. The number of piperidine rings is 1. The molecule has 1 aliphatic rings. The predicted octanol–water partition coefficient (Wildman–Crippen LogP) is 3.98. The van der Waals surface area contributed by atoms with Crippen LogP contribution >= 0.6 is 0 Å². The molecule has 0 radical (unpaired) electrons. The molecule has 0 aliphatic carbocycles. The van der Waals surface area contributed by atoms with Gasteiger partial charge in [0.25, 0.3) is 6.47 Å². The molecule has 0 spiro atoms. The average molecular weight is 459 g/mol. The molecule has 3 heterocycles. The molecule has 7 nitrogen and oxygen atoms in total. The number of carboxylic acid groups (broad SMARTS) is 1. The third-order valence-electron chi connectivity index (χ3n) is 5.27. The second-order valence-corrected chi connectivity index (χ2v) is 7.46. The number of halogens is 3. The molecule has 0 saturated carbocycles. The maximum Gasteiger partial charge on any atom is 0.290 e. The first-order valence-corrected chi connectivity index (χ1v) is 10.2. The third-order valence-corrected chi connectivity index (χ3v) is 5.27. The Balaban J connectivity index is 0.000000968. The highest BCUT2D eigenvalue weighted by Crippen LogP contribution is 2.27. The number of nitrogens with zero attached hydrogens (tertiary/aromatic N) is 3. The van der Waals surface area contributed by atoms with Crippen molar-refractivity contribution in [1.82, 2.24) is 19.9 Å². The Morgan fingerprint density at radius 2 is 2.06 bits per heavy atom. The molecule has 2 unspecified atom stereocenters. The molecule has 3 N–H and O–H groups in total. The highest BCUT2D eigenvalue weighted by Gasteiger charge is 2.24. The molecule has 0 bridgehead atoms. The van der Waals surface area contributed by atoms with Crippen molar-refractivity contribution < 1.29 is 23.1 Å². The predicted molar refractivity (Wildman–Crippen MR) is 120 cm³/mol. The van der Waals surface area contributed by atoms with Crippen molar-refractivity contribution in [2.24, 2.45) is 0 Å². The van der Waals surface area contributed by atoms with Crippen molar-refractivity contribution in [2.45, 2.75) is 25.6 Å². The minimum atomic E-state index is -1.04. The Hall–Kier alpha value is -3.66. The van der Waals surface area contributed by atoms with Gasteiger partial charge in [-0.3, -0.25) is 4.79 Å². The topological polar surface area (TPSA) is 92.1 Å². The molecular weight excluding hydrogens is 435 g/mol. The minimum absolute atomic E-state index is 0.201. The monoisotopic (exact) mass is 459 g/mol. The number of benzene rings is 1. The maximum atomic E-state index is 14.4. The van der Waals surface area contributed by atoms with Gasteiger partial charge in [0.1, 0.15) is 12.0 Å². The second-order valence-electron chi connectivity index (χ2n) is 7.46. The summed E-state index contributed by atoms with van der Waals surface area (Å²) < 4.78 is 44.2. The fourth-order valence-electron chi connectivity index (χ4n) is 3.61. The summed E-state index contributed by atoms with van der Waals surface area (Å²) in [7, 11) is 0. The summed E-state index contributed by atoms with van der Waals surface area (Å²) in [5.74, 6) is -1.03. The fraction of sp³-hybridized carbons (Fsp3) is 0.261. The Morgan fingerprint density at radius 3 is 2.76 bits per heavy atom. The van der Waals surface area contributed by atoms with Gasteiger partial charge in [-0.25, -0.2) is 18.7 Å². The number of pyridine rings is 1. The number of aromatic nitrogens is 3. The van der Waals surface area contributed by atoms with Crippen LogP contribution in [0.5, 0.6) is 0 Å². The van der Waals surface area contributed by atoms with E-state index in [1.807, 2.05) is 0 Å². The van der Waals surface area contributed by atoms with Gasteiger partial charge in [0.15, 0.2) is 0 Å². The number of alkyl halides is 1. The van der Waals surface area contributed by atoms with Crippen LogP contribution in [-0.4, -0.2) is 51.4 Å². The van der Waals surface area contributed by atoms with E-state index in [1.54, 1.807) is 29.8 Å². The van der Waals surface area contributed by atoms with Gasteiger partial charge < -0.3 is 20.3 Å². The molecule has 1 aliphatic heterocycles. The van der Waals surface area contributed by atoms with Gasteiger partial charge in [-0.15, -0.1) is 0 Å². The van der Waals surface area contributed by atoms with Crippen molar-refractivity contribution in [1.29, 1.82) is 0 Å². The summed E-state index contributed by atoms with van der Waals surface area (Å²) in [4.78, 5) is 16.5. The van der Waals surface area contributed by atoms with E-state index < -0.39 is 12.1 Å². The van der Waals surface area contributed by atoms with E-state index in [-0.39, 0.29) is 30.4 Å². The van der Waals surface area contributed by atoms with Crippen LogP contribution in [0.3, 0.4) is 0 Å². The first kappa shape index (κ1) is 24.0. The SMILES string of the molecule is C=Cc1cc(-n2cnc(-c3cc(NC4CCNCC4F)cnc3F)c2)c(C)cc1F.O=CO.